The summed E-state index contributed by atoms with van der Waals surface area (Å²) in [5.41, 5.74) is 1.30. The van der Waals surface area contributed by atoms with Crippen LogP contribution in [0.4, 0.5) is 0 Å². The summed E-state index contributed by atoms with van der Waals surface area (Å²) in [7, 11) is 0. The van der Waals surface area contributed by atoms with E-state index < -0.39 is 23.3 Å². The summed E-state index contributed by atoms with van der Waals surface area (Å²) < 4.78 is 6.37. The zero-order valence-corrected chi connectivity index (χ0v) is 21.0. The topological polar surface area (TPSA) is 110 Å². The van der Waals surface area contributed by atoms with Gasteiger partial charge in [0, 0.05) is 21.9 Å². The first-order valence-electron chi connectivity index (χ1n) is 10.2. The number of esters is 1. The minimum atomic E-state index is -2.05. The molecule has 2 N–H and O–H groups in total. The van der Waals surface area contributed by atoms with Crippen molar-refractivity contribution in [3.8, 4) is 22.5 Å². The van der Waals surface area contributed by atoms with E-state index in [0.29, 0.717) is 8.68 Å². The predicted molar refractivity (Wildman–Crippen MR) is 138 cm³/mol. The van der Waals surface area contributed by atoms with Crippen molar-refractivity contribution in [2.24, 2.45) is 0 Å². The maximum atomic E-state index is 12.4. The molecule has 3 heterocycles. The Morgan fingerprint density at radius 3 is 2.03 bits per heavy atom. The summed E-state index contributed by atoms with van der Waals surface area (Å²) in [5.74, 6) is -3.30. The number of aromatic nitrogens is 2. The van der Waals surface area contributed by atoms with Crippen LogP contribution in [-0.4, -0.2) is 43.5 Å². The molecule has 0 saturated heterocycles. The number of carboxylic acid groups (broad SMARTS) is 1. The van der Waals surface area contributed by atoms with Gasteiger partial charge >= 0.3 is 11.9 Å². The summed E-state index contributed by atoms with van der Waals surface area (Å²) in [5, 5.41) is 24.3. The highest BCUT2D eigenvalue weighted by atomic mass is 32.2. The van der Waals surface area contributed by atoms with Crippen molar-refractivity contribution in [1.29, 1.82) is 0 Å². The van der Waals surface area contributed by atoms with Gasteiger partial charge in [-0.2, -0.15) is 0 Å². The number of ether oxygens (including phenoxy) is 1. The number of aliphatic hydroxyl groups excluding tert-OH is 1. The van der Waals surface area contributed by atoms with Crippen LogP contribution in [0.2, 0.25) is 0 Å². The van der Waals surface area contributed by atoms with Crippen LogP contribution in [0.5, 0.6) is 0 Å². The summed E-state index contributed by atoms with van der Waals surface area (Å²) in [6.07, 6.45) is 0. The van der Waals surface area contributed by atoms with Gasteiger partial charge < -0.3 is 14.9 Å². The lowest BCUT2D eigenvalue weighted by Gasteiger charge is -2.24. The van der Waals surface area contributed by atoms with E-state index in [1.54, 1.807) is 0 Å². The number of thiazole rings is 2. The summed E-state index contributed by atoms with van der Waals surface area (Å²) in [6, 6.07) is 19.1. The maximum absolute atomic E-state index is 12.4. The van der Waals surface area contributed by atoms with Crippen LogP contribution in [0.25, 0.3) is 22.5 Å². The van der Waals surface area contributed by atoms with Gasteiger partial charge in [0.05, 0.1) is 22.0 Å². The molecular formula is C24H16N2O5S4. The summed E-state index contributed by atoms with van der Waals surface area (Å²) in [6.45, 7) is 0. The fourth-order valence-corrected chi connectivity index (χ4v) is 7.38. The molecule has 11 heteroatoms. The lowest BCUT2D eigenvalue weighted by atomic mass is 10.1. The number of aliphatic carboxylic acids is 1. The van der Waals surface area contributed by atoms with Crippen LogP contribution in [0.15, 0.2) is 90.8 Å². The van der Waals surface area contributed by atoms with E-state index in [2.05, 4.69) is 9.97 Å². The number of aliphatic hydroxyl groups is 1. The molecule has 176 valence electrons. The molecule has 1 aliphatic rings. The molecule has 4 aromatic rings. The molecular weight excluding hydrogens is 525 g/mol. The van der Waals surface area contributed by atoms with E-state index in [1.165, 1.54) is 22.7 Å². The maximum Gasteiger partial charge on any atom is 0.375 e. The van der Waals surface area contributed by atoms with E-state index in [-0.39, 0.29) is 10.7 Å². The smallest absolute Gasteiger partial charge is 0.375 e. The molecule has 2 aromatic heterocycles. The Kier molecular flexibility index (Phi) is 6.65. The fraction of sp³-hybridized carbons (Fsp3) is 0.0833. The monoisotopic (exact) mass is 540 g/mol. The zero-order valence-electron chi connectivity index (χ0n) is 17.8. The Hall–Kier alpha value is -3.12. The molecule has 0 radical (unpaired) electrons. The zero-order chi connectivity index (χ0) is 24.4. The molecule has 7 nitrogen and oxygen atoms in total. The SMILES string of the molecule is O=C1OC(CSc2nc(-c3ccccc3)cs2)(C(=O)O)C(Sc2nc(-c3ccccc3)cs2)=C1O. The Morgan fingerprint density at radius 2 is 1.46 bits per heavy atom. The first-order valence-corrected chi connectivity index (χ1v) is 13.8. The third-order valence-corrected chi connectivity index (χ3v) is 9.41. The van der Waals surface area contributed by atoms with Crippen LogP contribution in [0.3, 0.4) is 0 Å². The van der Waals surface area contributed by atoms with Crippen molar-refractivity contribution in [1.82, 2.24) is 9.97 Å². The van der Waals surface area contributed by atoms with Gasteiger partial charge in [0.15, 0.2) is 8.68 Å². The van der Waals surface area contributed by atoms with Crippen LogP contribution in [0.1, 0.15) is 0 Å². The molecule has 0 fully saturated rings. The van der Waals surface area contributed by atoms with E-state index in [1.807, 2.05) is 71.4 Å². The van der Waals surface area contributed by atoms with Gasteiger partial charge in [-0.05, 0) is 0 Å². The quantitative estimate of drug-likeness (QED) is 0.206. The van der Waals surface area contributed by atoms with E-state index in [4.69, 9.17) is 4.74 Å². The second-order valence-electron chi connectivity index (χ2n) is 7.32. The Balaban J connectivity index is 1.39. The lowest BCUT2D eigenvalue weighted by molar-refractivity contribution is -0.165. The number of rotatable bonds is 8. The van der Waals surface area contributed by atoms with Crippen molar-refractivity contribution < 1.29 is 24.5 Å². The number of cyclic esters (lactones) is 1. The number of carboxylic acids is 1. The molecule has 1 atom stereocenters. The van der Waals surface area contributed by atoms with E-state index in [0.717, 1.165) is 46.0 Å². The molecule has 2 aromatic carbocycles. The fourth-order valence-electron chi connectivity index (χ4n) is 3.33. The van der Waals surface area contributed by atoms with Gasteiger partial charge in [-0.1, -0.05) is 84.2 Å². The highest BCUT2D eigenvalue weighted by molar-refractivity contribution is 8.05. The number of carbonyl (C=O) groups is 2. The Bertz CT molecular complexity index is 1420. The highest BCUT2D eigenvalue weighted by Gasteiger charge is 2.55. The van der Waals surface area contributed by atoms with Gasteiger partial charge in [-0.25, -0.2) is 19.6 Å². The molecule has 0 spiro atoms. The van der Waals surface area contributed by atoms with Crippen LogP contribution in [-0.2, 0) is 14.3 Å². The standard InChI is InChI=1S/C24H16N2O5S4/c27-18-19(35-23-26-17(12-33-23)15-9-5-2-6-10-15)24(21(29)30,31-20(18)28)13-34-22-25-16(11-32-22)14-7-3-1-4-8-14/h1-12,27H,13H2,(H,29,30). The number of benzene rings is 2. The first-order chi connectivity index (χ1) is 17.0. The third-order valence-electron chi connectivity index (χ3n) is 5.08. The molecule has 1 unspecified atom stereocenters. The predicted octanol–water partition coefficient (Wildman–Crippen LogP) is 5.97. The van der Waals surface area contributed by atoms with Gasteiger partial charge in [-0.15, -0.1) is 22.7 Å². The molecule has 1 aliphatic heterocycles. The van der Waals surface area contributed by atoms with Crippen molar-refractivity contribution in [2.75, 3.05) is 5.75 Å². The molecule has 35 heavy (non-hydrogen) atoms. The number of nitrogens with zero attached hydrogens (tertiary/aromatic N) is 2. The average Bonchev–Trinajstić information content (AvgIpc) is 3.60. The number of hydrogen-bond donors (Lipinski definition) is 2. The van der Waals surface area contributed by atoms with Crippen molar-refractivity contribution in [3.63, 3.8) is 0 Å². The van der Waals surface area contributed by atoms with Crippen molar-refractivity contribution >= 4 is 58.1 Å². The van der Waals surface area contributed by atoms with E-state index in [9.17, 15) is 19.8 Å². The number of thioether (sulfide) groups is 2. The van der Waals surface area contributed by atoms with Crippen molar-refractivity contribution in [2.45, 2.75) is 14.3 Å². The second-order valence-corrected chi connectivity index (χ2v) is 11.5. The third kappa shape index (κ3) is 4.72. The Morgan fingerprint density at radius 1 is 0.914 bits per heavy atom. The first kappa shape index (κ1) is 23.6. The molecule has 0 saturated carbocycles. The normalized spacial score (nSPS) is 17.5. The van der Waals surface area contributed by atoms with Crippen molar-refractivity contribution in [3.05, 3.63) is 82.1 Å². The van der Waals surface area contributed by atoms with Crippen LogP contribution in [0, 0.1) is 0 Å². The number of carbonyl (C=O) groups excluding carboxylic acids is 1. The molecule has 0 bridgehead atoms. The summed E-state index contributed by atoms with van der Waals surface area (Å²) in [4.78, 5) is 33.7. The van der Waals surface area contributed by atoms with Crippen LogP contribution >= 0.6 is 46.2 Å². The number of hydrogen-bond acceptors (Lipinski definition) is 10. The highest BCUT2D eigenvalue weighted by Crippen LogP contribution is 2.47. The van der Waals surface area contributed by atoms with Gasteiger partial charge in [0.2, 0.25) is 5.76 Å². The van der Waals surface area contributed by atoms with Gasteiger partial charge in [0.1, 0.15) is 0 Å². The average molecular weight is 541 g/mol. The Labute approximate surface area is 216 Å². The largest absolute Gasteiger partial charge is 0.501 e. The molecule has 5 rings (SSSR count). The van der Waals surface area contributed by atoms with Gasteiger partial charge in [0.25, 0.3) is 5.60 Å². The molecule has 0 amide bonds. The minimum Gasteiger partial charge on any atom is -0.501 e. The van der Waals surface area contributed by atoms with Crippen LogP contribution < -0.4 is 0 Å². The molecule has 0 aliphatic carbocycles. The van der Waals surface area contributed by atoms with Gasteiger partial charge in [-0.3, -0.25) is 0 Å². The minimum absolute atomic E-state index is 0.0868. The lowest BCUT2D eigenvalue weighted by Crippen LogP contribution is -2.43. The van der Waals surface area contributed by atoms with E-state index >= 15 is 0 Å². The second kappa shape index (κ2) is 9.86. The summed E-state index contributed by atoms with van der Waals surface area (Å²) >= 11 is 4.75.